The average Bonchev–Trinajstić information content (AvgIpc) is 3.28. The zero-order valence-electron chi connectivity index (χ0n) is 16.5. The number of pyridine rings is 1. The number of aromatic nitrogens is 3. The molecule has 6 heteroatoms. The summed E-state index contributed by atoms with van der Waals surface area (Å²) in [6, 6.07) is 7.73. The number of halogens is 1. The third-order valence-electron chi connectivity index (χ3n) is 6.94. The van der Waals surface area contributed by atoms with Gasteiger partial charge in [0.25, 0.3) is 5.91 Å². The molecule has 0 saturated heterocycles. The van der Waals surface area contributed by atoms with Crippen molar-refractivity contribution >= 4 is 17.1 Å². The molecule has 29 heavy (non-hydrogen) atoms. The van der Waals surface area contributed by atoms with Gasteiger partial charge in [-0.05, 0) is 49.1 Å². The molecular formula is C23H21FN4O. The van der Waals surface area contributed by atoms with E-state index < -0.39 is 0 Å². The number of hydrogen-bond acceptors (Lipinski definition) is 3. The van der Waals surface area contributed by atoms with Crippen molar-refractivity contribution in [3.8, 4) is 23.2 Å². The highest BCUT2D eigenvalue weighted by Gasteiger charge is 2.59. The van der Waals surface area contributed by atoms with Crippen LogP contribution in [0.2, 0.25) is 0 Å². The van der Waals surface area contributed by atoms with Crippen LogP contribution in [-0.2, 0) is 0 Å². The van der Waals surface area contributed by atoms with Crippen LogP contribution in [0.4, 0.5) is 4.39 Å². The molecule has 0 spiro atoms. The lowest BCUT2D eigenvalue weighted by Crippen LogP contribution is -2.46. The maximum Gasteiger partial charge on any atom is 0.253 e. The summed E-state index contributed by atoms with van der Waals surface area (Å²) < 4.78 is 13.2. The molecule has 0 aliphatic heterocycles. The molecule has 3 atom stereocenters. The van der Waals surface area contributed by atoms with Gasteiger partial charge in [-0.15, -0.1) is 0 Å². The van der Waals surface area contributed by atoms with Crippen LogP contribution < -0.4 is 5.32 Å². The van der Waals surface area contributed by atoms with E-state index in [4.69, 9.17) is 0 Å². The molecule has 1 saturated carbocycles. The Morgan fingerprint density at radius 2 is 2.00 bits per heavy atom. The minimum atomic E-state index is -0.312. The van der Waals surface area contributed by atoms with Gasteiger partial charge in [0.1, 0.15) is 11.6 Å². The Hall–Kier alpha value is -3.20. The molecule has 2 N–H and O–H groups in total. The van der Waals surface area contributed by atoms with E-state index in [2.05, 4.69) is 52.9 Å². The number of nitrogens with one attached hydrogen (secondary N) is 2. The fraction of sp³-hybridized carbons (Fsp3) is 0.348. The Kier molecular flexibility index (Phi) is 3.63. The molecule has 2 aliphatic rings. The van der Waals surface area contributed by atoms with Gasteiger partial charge in [0.2, 0.25) is 0 Å². The summed E-state index contributed by atoms with van der Waals surface area (Å²) in [5.74, 6) is 7.07. The van der Waals surface area contributed by atoms with Crippen molar-refractivity contribution in [2.45, 2.75) is 33.2 Å². The van der Waals surface area contributed by atoms with Crippen LogP contribution in [0.1, 0.15) is 37.6 Å². The number of nitrogens with zero attached hydrogens (tertiary/aromatic N) is 2. The zero-order chi connectivity index (χ0) is 20.4. The van der Waals surface area contributed by atoms with E-state index in [0.717, 1.165) is 12.0 Å². The number of imidazole rings is 1. The Morgan fingerprint density at radius 1 is 1.24 bits per heavy atom. The topological polar surface area (TPSA) is 70.7 Å². The van der Waals surface area contributed by atoms with Crippen LogP contribution in [0.25, 0.3) is 22.6 Å². The normalized spacial score (nSPS) is 26.3. The average molecular weight is 388 g/mol. The number of benzene rings is 1. The quantitative estimate of drug-likeness (QED) is 0.668. The van der Waals surface area contributed by atoms with Crippen molar-refractivity contribution < 1.29 is 9.18 Å². The molecule has 146 valence electrons. The van der Waals surface area contributed by atoms with Crippen LogP contribution in [0.15, 0.2) is 36.5 Å². The number of carbonyl (C=O) groups excluding carboxylic acids is 1. The van der Waals surface area contributed by atoms with Crippen LogP contribution in [0.3, 0.4) is 0 Å². The molecule has 3 unspecified atom stereocenters. The lowest BCUT2D eigenvalue weighted by atomic mass is 9.69. The minimum Gasteiger partial charge on any atom is -0.348 e. The van der Waals surface area contributed by atoms with Gasteiger partial charge in [0, 0.05) is 23.7 Å². The fourth-order valence-electron chi connectivity index (χ4n) is 4.59. The van der Waals surface area contributed by atoms with E-state index in [-0.39, 0.29) is 28.6 Å². The molecule has 2 bridgehead atoms. The molecular weight excluding hydrogens is 367 g/mol. The van der Waals surface area contributed by atoms with Crippen molar-refractivity contribution in [2.75, 3.05) is 0 Å². The van der Waals surface area contributed by atoms with E-state index in [1.54, 1.807) is 24.4 Å². The Balaban J connectivity index is 1.47. The van der Waals surface area contributed by atoms with Gasteiger partial charge in [-0.2, -0.15) is 0 Å². The van der Waals surface area contributed by atoms with E-state index in [9.17, 15) is 9.18 Å². The molecule has 5 rings (SSSR count). The SMILES string of the molecule is CC1(C)C2C#CC1(C)C(NC(=O)c1ccnc3nc(-c4ccc(F)cc4)[nH]c13)C2. The number of H-pyrrole nitrogens is 1. The molecule has 1 aromatic carbocycles. The first-order valence-electron chi connectivity index (χ1n) is 9.74. The van der Waals surface area contributed by atoms with Gasteiger partial charge >= 0.3 is 0 Å². The molecule has 2 heterocycles. The van der Waals surface area contributed by atoms with Crippen molar-refractivity contribution in [3.63, 3.8) is 0 Å². The lowest BCUT2D eigenvalue weighted by Gasteiger charge is -2.36. The Bertz CT molecular complexity index is 1200. The Morgan fingerprint density at radius 3 is 2.66 bits per heavy atom. The van der Waals surface area contributed by atoms with E-state index in [0.29, 0.717) is 28.5 Å². The summed E-state index contributed by atoms with van der Waals surface area (Å²) in [5.41, 5.74) is 2.02. The monoisotopic (exact) mass is 388 g/mol. The van der Waals surface area contributed by atoms with E-state index in [1.165, 1.54) is 12.1 Å². The standard InChI is InChI=1S/C23H21FN4O/c1-22(2)14-8-10-23(22,3)17(12-14)26-21(29)16-9-11-25-20-18(16)27-19(28-20)13-4-6-15(24)7-5-13/h4-7,9,11,14,17H,12H2,1-3H3,(H,26,29)(H,25,27,28). The molecule has 3 aromatic rings. The van der Waals surface area contributed by atoms with Gasteiger partial charge in [-0.1, -0.05) is 25.7 Å². The summed E-state index contributed by atoms with van der Waals surface area (Å²) in [5, 5.41) is 3.20. The molecule has 1 amide bonds. The van der Waals surface area contributed by atoms with E-state index in [1.807, 2.05) is 0 Å². The molecule has 0 radical (unpaired) electrons. The van der Waals surface area contributed by atoms with Gasteiger partial charge in [0.15, 0.2) is 5.65 Å². The number of amides is 1. The smallest absolute Gasteiger partial charge is 0.253 e. The first kappa shape index (κ1) is 17.9. The van der Waals surface area contributed by atoms with Crippen LogP contribution in [0.5, 0.6) is 0 Å². The second-order valence-electron chi connectivity index (χ2n) is 8.66. The molecule has 2 aromatic heterocycles. The Labute approximate surface area is 168 Å². The first-order chi connectivity index (χ1) is 13.8. The number of fused-ring (bicyclic) bond motifs is 3. The first-order valence-corrected chi connectivity index (χ1v) is 9.74. The number of rotatable bonds is 3. The highest BCUT2D eigenvalue weighted by molar-refractivity contribution is 6.04. The lowest BCUT2D eigenvalue weighted by molar-refractivity contribution is 0.0893. The van der Waals surface area contributed by atoms with Gasteiger partial charge in [-0.3, -0.25) is 4.79 Å². The second-order valence-corrected chi connectivity index (χ2v) is 8.66. The molecule has 5 nitrogen and oxygen atoms in total. The number of hydrogen-bond donors (Lipinski definition) is 2. The summed E-state index contributed by atoms with van der Waals surface area (Å²) >= 11 is 0. The van der Waals surface area contributed by atoms with Crippen LogP contribution in [0, 0.1) is 34.4 Å². The second kappa shape index (κ2) is 5.90. The molecule has 2 aliphatic carbocycles. The number of aromatic amines is 1. The van der Waals surface area contributed by atoms with Crippen molar-refractivity contribution in [1.82, 2.24) is 20.3 Å². The highest BCUT2D eigenvalue weighted by atomic mass is 19.1. The summed E-state index contributed by atoms with van der Waals surface area (Å²) in [6.07, 6.45) is 2.44. The third-order valence-corrected chi connectivity index (χ3v) is 6.94. The van der Waals surface area contributed by atoms with Crippen molar-refractivity contribution in [3.05, 3.63) is 47.9 Å². The minimum absolute atomic E-state index is 0.000967. The van der Waals surface area contributed by atoms with E-state index >= 15 is 0 Å². The predicted octanol–water partition coefficient (Wildman–Crippen LogP) is 3.93. The zero-order valence-corrected chi connectivity index (χ0v) is 16.5. The summed E-state index contributed by atoms with van der Waals surface area (Å²) in [6.45, 7) is 6.57. The van der Waals surface area contributed by atoms with Crippen LogP contribution in [-0.4, -0.2) is 26.9 Å². The highest BCUT2D eigenvalue weighted by Crippen LogP contribution is 2.58. The predicted molar refractivity (Wildman–Crippen MR) is 108 cm³/mol. The largest absolute Gasteiger partial charge is 0.348 e. The maximum absolute atomic E-state index is 13.2. The summed E-state index contributed by atoms with van der Waals surface area (Å²) in [4.78, 5) is 25.1. The van der Waals surface area contributed by atoms with Gasteiger partial charge < -0.3 is 10.3 Å². The summed E-state index contributed by atoms with van der Waals surface area (Å²) in [7, 11) is 0. The van der Waals surface area contributed by atoms with Crippen molar-refractivity contribution in [2.24, 2.45) is 16.7 Å². The third kappa shape index (κ3) is 2.50. The van der Waals surface area contributed by atoms with Gasteiger partial charge in [-0.25, -0.2) is 14.4 Å². The maximum atomic E-state index is 13.2. The van der Waals surface area contributed by atoms with Gasteiger partial charge in [0.05, 0.1) is 16.5 Å². The fourth-order valence-corrected chi connectivity index (χ4v) is 4.59. The number of carbonyl (C=O) groups is 1. The molecule has 1 fully saturated rings. The van der Waals surface area contributed by atoms with Crippen LogP contribution >= 0.6 is 0 Å². The van der Waals surface area contributed by atoms with Crippen molar-refractivity contribution in [1.29, 1.82) is 0 Å².